The molecule has 1 unspecified atom stereocenters. The van der Waals surface area contributed by atoms with Crippen LogP contribution in [0.2, 0.25) is 0 Å². The van der Waals surface area contributed by atoms with E-state index in [0.29, 0.717) is 37.9 Å². The van der Waals surface area contributed by atoms with E-state index in [4.69, 9.17) is 9.84 Å². The van der Waals surface area contributed by atoms with Gasteiger partial charge in [-0.05, 0) is 49.4 Å². The standard InChI is InChI=1S/C23H32N2O3/c26-15-2-1-4-20-6-8-22(9-7-20)19-24-12-3-5-21(18-24)10-11-23(27)25-13-16-28-17-14-25/h6-9,21,26H,2-3,5,10-19H2. The Hall–Kier alpha value is -1.87. The molecule has 1 aromatic carbocycles. The second kappa shape index (κ2) is 11.2. The number of benzene rings is 1. The summed E-state index contributed by atoms with van der Waals surface area (Å²) < 4.78 is 5.33. The fourth-order valence-corrected chi connectivity index (χ4v) is 4.00. The van der Waals surface area contributed by atoms with Gasteiger partial charge in [0.05, 0.1) is 19.8 Å². The molecule has 0 spiro atoms. The number of carbonyl (C=O) groups excluding carboxylic acids is 1. The second-order valence-electron chi connectivity index (χ2n) is 7.75. The Labute approximate surface area is 168 Å². The van der Waals surface area contributed by atoms with Crippen LogP contribution in [0, 0.1) is 17.8 Å². The molecule has 0 aliphatic carbocycles. The zero-order chi connectivity index (χ0) is 19.6. The lowest BCUT2D eigenvalue weighted by Crippen LogP contribution is -2.41. The minimum Gasteiger partial charge on any atom is -0.395 e. The van der Waals surface area contributed by atoms with Crippen LogP contribution in [0.3, 0.4) is 0 Å². The number of hydrogen-bond acceptors (Lipinski definition) is 4. The van der Waals surface area contributed by atoms with Gasteiger partial charge in [-0.3, -0.25) is 9.69 Å². The van der Waals surface area contributed by atoms with Crippen molar-refractivity contribution in [3.05, 3.63) is 35.4 Å². The van der Waals surface area contributed by atoms with Gasteiger partial charge in [-0.2, -0.15) is 0 Å². The molecule has 1 amide bonds. The van der Waals surface area contributed by atoms with E-state index in [2.05, 4.69) is 41.0 Å². The molecule has 152 valence electrons. The number of morpholine rings is 1. The summed E-state index contributed by atoms with van der Waals surface area (Å²) in [5, 5.41) is 8.79. The van der Waals surface area contributed by atoms with Crippen molar-refractivity contribution in [2.24, 2.45) is 5.92 Å². The summed E-state index contributed by atoms with van der Waals surface area (Å²) in [5.41, 5.74) is 2.30. The Balaban J connectivity index is 1.43. The van der Waals surface area contributed by atoms with Crippen LogP contribution in [0.1, 0.15) is 43.2 Å². The second-order valence-corrected chi connectivity index (χ2v) is 7.75. The van der Waals surface area contributed by atoms with Gasteiger partial charge in [0.25, 0.3) is 0 Å². The van der Waals surface area contributed by atoms with Gasteiger partial charge < -0.3 is 14.7 Å². The van der Waals surface area contributed by atoms with Crippen LogP contribution >= 0.6 is 0 Å². The SMILES string of the molecule is O=C(CCC1CCCN(Cc2ccc(C#CCCO)cc2)C1)N1CCOCC1. The van der Waals surface area contributed by atoms with Crippen molar-refractivity contribution < 1.29 is 14.6 Å². The third-order valence-electron chi connectivity index (χ3n) is 5.56. The molecular weight excluding hydrogens is 352 g/mol. The van der Waals surface area contributed by atoms with E-state index >= 15 is 0 Å². The first-order valence-electron chi connectivity index (χ1n) is 10.5. The van der Waals surface area contributed by atoms with E-state index in [9.17, 15) is 4.79 Å². The van der Waals surface area contributed by atoms with Gasteiger partial charge in [-0.1, -0.05) is 24.0 Å². The van der Waals surface area contributed by atoms with E-state index in [0.717, 1.165) is 44.7 Å². The highest BCUT2D eigenvalue weighted by Gasteiger charge is 2.22. The molecule has 0 saturated carbocycles. The average Bonchev–Trinajstić information content (AvgIpc) is 2.74. The maximum Gasteiger partial charge on any atom is 0.222 e. The van der Waals surface area contributed by atoms with Crippen LogP contribution in [0.4, 0.5) is 0 Å². The van der Waals surface area contributed by atoms with Gasteiger partial charge in [0.2, 0.25) is 5.91 Å². The third-order valence-corrected chi connectivity index (χ3v) is 5.56. The number of piperidine rings is 1. The minimum absolute atomic E-state index is 0.110. The quantitative estimate of drug-likeness (QED) is 0.765. The molecule has 0 radical (unpaired) electrons. The molecule has 2 aliphatic heterocycles. The van der Waals surface area contributed by atoms with Crippen molar-refractivity contribution >= 4 is 5.91 Å². The molecule has 1 N–H and O–H groups in total. The first-order valence-corrected chi connectivity index (χ1v) is 10.5. The van der Waals surface area contributed by atoms with Gasteiger partial charge in [0.15, 0.2) is 0 Å². The first-order chi connectivity index (χ1) is 13.7. The third kappa shape index (κ3) is 6.63. The van der Waals surface area contributed by atoms with Crippen LogP contribution in [-0.2, 0) is 16.1 Å². The summed E-state index contributed by atoms with van der Waals surface area (Å²) in [6, 6.07) is 8.41. The monoisotopic (exact) mass is 384 g/mol. The molecule has 2 fully saturated rings. The van der Waals surface area contributed by atoms with Crippen molar-refractivity contribution in [3.8, 4) is 11.8 Å². The number of ether oxygens (including phenoxy) is 1. The van der Waals surface area contributed by atoms with E-state index < -0.39 is 0 Å². The largest absolute Gasteiger partial charge is 0.395 e. The molecule has 1 aromatic rings. The predicted octanol–water partition coefficient (Wildman–Crippen LogP) is 2.27. The highest BCUT2D eigenvalue weighted by molar-refractivity contribution is 5.76. The predicted molar refractivity (Wildman–Crippen MR) is 110 cm³/mol. The minimum atomic E-state index is 0.110. The Kier molecular flexibility index (Phi) is 8.35. The lowest BCUT2D eigenvalue weighted by Gasteiger charge is -2.33. The van der Waals surface area contributed by atoms with Gasteiger partial charge in [0.1, 0.15) is 0 Å². The Morgan fingerprint density at radius 3 is 2.71 bits per heavy atom. The summed E-state index contributed by atoms with van der Waals surface area (Å²) in [6.07, 6.45) is 4.62. The molecule has 5 nitrogen and oxygen atoms in total. The molecule has 2 heterocycles. The Morgan fingerprint density at radius 1 is 1.18 bits per heavy atom. The van der Waals surface area contributed by atoms with Crippen molar-refractivity contribution in [2.75, 3.05) is 46.0 Å². The topological polar surface area (TPSA) is 53.0 Å². The van der Waals surface area contributed by atoms with Crippen LogP contribution in [-0.4, -0.2) is 66.8 Å². The molecule has 2 saturated heterocycles. The molecule has 0 aromatic heterocycles. The number of likely N-dealkylation sites (tertiary alicyclic amines) is 1. The lowest BCUT2D eigenvalue weighted by molar-refractivity contribution is -0.135. The number of aliphatic hydroxyl groups is 1. The smallest absolute Gasteiger partial charge is 0.222 e. The molecule has 1 atom stereocenters. The maximum atomic E-state index is 12.4. The average molecular weight is 385 g/mol. The summed E-state index contributed by atoms with van der Waals surface area (Å²) in [7, 11) is 0. The zero-order valence-corrected chi connectivity index (χ0v) is 16.7. The van der Waals surface area contributed by atoms with E-state index in [-0.39, 0.29) is 6.61 Å². The lowest BCUT2D eigenvalue weighted by atomic mass is 9.92. The van der Waals surface area contributed by atoms with E-state index in [1.807, 2.05) is 4.90 Å². The zero-order valence-electron chi connectivity index (χ0n) is 16.7. The van der Waals surface area contributed by atoms with Gasteiger partial charge in [0, 0.05) is 44.6 Å². The number of aliphatic hydroxyl groups excluding tert-OH is 1. The van der Waals surface area contributed by atoms with Gasteiger partial charge >= 0.3 is 0 Å². The summed E-state index contributed by atoms with van der Waals surface area (Å²) >= 11 is 0. The number of rotatable bonds is 6. The van der Waals surface area contributed by atoms with Crippen LogP contribution in [0.15, 0.2) is 24.3 Å². The summed E-state index contributed by atoms with van der Waals surface area (Å²) in [4.78, 5) is 16.8. The maximum absolute atomic E-state index is 12.4. The molecule has 2 aliphatic rings. The van der Waals surface area contributed by atoms with Crippen molar-refractivity contribution in [3.63, 3.8) is 0 Å². The molecule has 3 rings (SSSR count). The van der Waals surface area contributed by atoms with Crippen LogP contribution in [0.25, 0.3) is 0 Å². The summed E-state index contributed by atoms with van der Waals surface area (Å²) in [6.45, 7) is 6.12. The Morgan fingerprint density at radius 2 is 1.96 bits per heavy atom. The van der Waals surface area contributed by atoms with Crippen molar-refractivity contribution in [1.82, 2.24) is 9.80 Å². The molecule has 0 bridgehead atoms. The number of hydrogen-bond donors (Lipinski definition) is 1. The van der Waals surface area contributed by atoms with Crippen molar-refractivity contribution in [1.29, 1.82) is 0 Å². The van der Waals surface area contributed by atoms with Crippen LogP contribution < -0.4 is 0 Å². The number of amides is 1. The van der Waals surface area contributed by atoms with Gasteiger partial charge in [-0.15, -0.1) is 0 Å². The molecule has 5 heteroatoms. The van der Waals surface area contributed by atoms with Crippen LogP contribution in [0.5, 0.6) is 0 Å². The number of carbonyl (C=O) groups is 1. The fourth-order valence-electron chi connectivity index (χ4n) is 4.00. The normalized spacial score (nSPS) is 20.5. The fraction of sp³-hybridized carbons (Fsp3) is 0.609. The van der Waals surface area contributed by atoms with E-state index in [1.165, 1.54) is 18.4 Å². The number of nitrogens with zero attached hydrogens (tertiary/aromatic N) is 2. The molecular formula is C23H32N2O3. The highest BCUT2D eigenvalue weighted by Crippen LogP contribution is 2.23. The van der Waals surface area contributed by atoms with Crippen molar-refractivity contribution in [2.45, 2.75) is 38.6 Å². The highest BCUT2D eigenvalue weighted by atomic mass is 16.5. The van der Waals surface area contributed by atoms with E-state index in [1.54, 1.807) is 0 Å². The Bertz CT molecular complexity index is 671. The summed E-state index contributed by atoms with van der Waals surface area (Å²) in [5.74, 6) is 6.93. The van der Waals surface area contributed by atoms with Gasteiger partial charge in [-0.25, -0.2) is 0 Å². The molecule has 28 heavy (non-hydrogen) atoms. The first kappa shape index (κ1) is 20.9.